The standard InChI is InChI=1S/C13H19NO2/c1-9-3-4-12(7-13(9)15)14-10(2)11-5-6-16-8-11/h3-4,7,10-11,14-15H,5-6,8H2,1-2H3. The quantitative estimate of drug-likeness (QED) is 0.824. The summed E-state index contributed by atoms with van der Waals surface area (Å²) in [6.07, 6.45) is 1.12. The number of anilines is 1. The lowest BCUT2D eigenvalue weighted by Gasteiger charge is -2.20. The summed E-state index contributed by atoms with van der Waals surface area (Å²) in [7, 11) is 0. The van der Waals surface area contributed by atoms with Crippen LogP contribution in [0.5, 0.6) is 5.75 Å². The van der Waals surface area contributed by atoms with Crippen LogP contribution in [0.2, 0.25) is 0 Å². The maximum absolute atomic E-state index is 9.61. The van der Waals surface area contributed by atoms with Crippen LogP contribution in [-0.4, -0.2) is 24.4 Å². The molecule has 0 aliphatic carbocycles. The first kappa shape index (κ1) is 11.3. The van der Waals surface area contributed by atoms with E-state index >= 15 is 0 Å². The second-order valence-corrected chi connectivity index (χ2v) is 4.56. The lowest BCUT2D eigenvalue weighted by molar-refractivity contribution is 0.183. The highest BCUT2D eigenvalue weighted by molar-refractivity contribution is 5.51. The van der Waals surface area contributed by atoms with Crippen LogP contribution in [0.3, 0.4) is 0 Å². The van der Waals surface area contributed by atoms with Crippen LogP contribution in [0.4, 0.5) is 5.69 Å². The molecule has 16 heavy (non-hydrogen) atoms. The van der Waals surface area contributed by atoms with E-state index in [1.54, 1.807) is 6.07 Å². The molecule has 2 N–H and O–H groups in total. The number of phenols is 1. The van der Waals surface area contributed by atoms with Crippen LogP contribution >= 0.6 is 0 Å². The molecule has 0 bridgehead atoms. The Labute approximate surface area is 96.4 Å². The molecule has 1 aliphatic rings. The van der Waals surface area contributed by atoms with Crippen molar-refractivity contribution in [3.8, 4) is 5.75 Å². The summed E-state index contributed by atoms with van der Waals surface area (Å²) < 4.78 is 5.37. The van der Waals surface area contributed by atoms with Crippen molar-refractivity contribution in [2.45, 2.75) is 26.3 Å². The number of hydrogen-bond donors (Lipinski definition) is 2. The Morgan fingerprint density at radius 1 is 1.50 bits per heavy atom. The molecular formula is C13H19NO2. The van der Waals surface area contributed by atoms with E-state index < -0.39 is 0 Å². The summed E-state index contributed by atoms with van der Waals surface area (Å²) in [6, 6.07) is 6.09. The smallest absolute Gasteiger partial charge is 0.120 e. The Bertz CT molecular complexity index is 359. The Kier molecular flexibility index (Phi) is 3.34. The highest BCUT2D eigenvalue weighted by Crippen LogP contribution is 2.24. The van der Waals surface area contributed by atoms with Crippen molar-refractivity contribution in [2.24, 2.45) is 5.92 Å². The zero-order valence-electron chi connectivity index (χ0n) is 9.86. The Balaban J connectivity index is 1.99. The SMILES string of the molecule is Cc1ccc(NC(C)C2CCOC2)cc1O. The van der Waals surface area contributed by atoms with Crippen LogP contribution < -0.4 is 5.32 Å². The van der Waals surface area contributed by atoms with Crippen LogP contribution in [0.25, 0.3) is 0 Å². The molecule has 1 fully saturated rings. The molecule has 88 valence electrons. The number of nitrogens with one attached hydrogen (secondary N) is 1. The van der Waals surface area contributed by atoms with E-state index in [9.17, 15) is 5.11 Å². The van der Waals surface area contributed by atoms with Gasteiger partial charge in [-0.3, -0.25) is 0 Å². The van der Waals surface area contributed by atoms with Crippen molar-refractivity contribution in [1.29, 1.82) is 0 Å². The molecule has 0 saturated carbocycles. The minimum Gasteiger partial charge on any atom is -0.508 e. The van der Waals surface area contributed by atoms with Gasteiger partial charge in [0.15, 0.2) is 0 Å². The van der Waals surface area contributed by atoms with E-state index in [2.05, 4.69) is 12.2 Å². The van der Waals surface area contributed by atoms with Gasteiger partial charge < -0.3 is 15.2 Å². The molecule has 3 heteroatoms. The van der Waals surface area contributed by atoms with Gasteiger partial charge in [0, 0.05) is 30.3 Å². The fourth-order valence-electron chi connectivity index (χ4n) is 2.03. The highest BCUT2D eigenvalue weighted by atomic mass is 16.5. The molecule has 0 aromatic heterocycles. The van der Waals surface area contributed by atoms with Gasteiger partial charge in [0.25, 0.3) is 0 Å². The van der Waals surface area contributed by atoms with E-state index in [0.717, 1.165) is 30.9 Å². The predicted molar refractivity (Wildman–Crippen MR) is 64.9 cm³/mol. The van der Waals surface area contributed by atoms with Gasteiger partial charge in [0.05, 0.1) is 6.61 Å². The van der Waals surface area contributed by atoms with E-state index in [-0.39, 0.29) is 0 Å². The summed E-state index contributed by atoms with van der Waals surface area (Å²) in [5, 5.41) is 13.0. The maximum atomic E-state index is 9.61. The third-order valence-electron chi connectivity index (χ3n) is 3.28. The van der Waals surface area contributed by atoms with Crippen molar-refractivity contribution >= 4 is 5.69 Å². The molecule has 0 spiro atoms. The molecule has 0 radical (unpaired) electrons. The molecule has 2 unspecified atom stereocenters. The van der Waals surface area contributed by atoms with Crippen molar-refractivity contribution in [3.63, 3.8) is 0 Å². The minimum absolute atomic E-state index is 0.347. The third-order valence-corrected chi connectivity index (χ3v) is 3.28. The molecule has 1 aliphatic heterocycles. The van der Waals surface area contributed by atoms with Gasteiger partial charge in [-0.05, 0) is 31.9 Å². The summed E-state index contributed by atoms with van der Waals surface area (Å²) in [5.41, 5.74) is 1.88. The van der Waals surface area contributed by atoms with E-state index in [0.29, 0.717) is 17.7 Å². The zero-order valence-corrected chi connectivity index (χ0v) is 9.86. The second-order valence-electron chi connectivity index (χ2n) is 4.56. The minimum atomic E-state index is 0.347. The molecular weight excluding hydrogens is 202 g/mol. The average Bonchev–Trinajstić information content (AvgIpc) is 2.77. The Morgan fingerprint density at radius 2 is 2.31 bits per heavy atom. The number of hydrogen-bond acceptors (Lipinski definition) is 3. The number of rotatable bonds is 3. The number of phenolic OH excluding ortho intramolecular Hbond substituents is 1. The monoisotopic (exact) mass is 221 g/mol. The lowest BCUT2D eigenvalue weighted by Crippen LogP contribution is -2.26. The van der Waals surface area contributed by atoms with Gasteiger partial charge in [-0.2, -0.15) is 0 Å². The molecule has 2 atom stereocenters. The number of benzene rings is 1. The molecule has 1 aromatic carbocycles. The van der Waals surface area contributed by atoms with Crippen LogP contribution in [-0.2, 0) is 4.74 Å². The number of aryl methyl sites for hydroxylation is 1. The van der Waals surface area contributed by atoms with E-state index in [4.69, 9.17) is 4.74 Å². The first-order chi connectivity index (χ1) is 7.66. The number of ether oxygens (including phenoxy) is 1. The maximum Gasteiger partial charge on any atom is 0.120 e. The third kappa shape index (κ3) is 2.47. The van der Waals surface area contributed by atoms with Gasteiger partial charge in [-0.25, -0.2) is 0 Å². The molecule has 1 aromatic rings. The number of aromatic hydroxyl groups is 1. The van der Waals surface area contributed by atoms with Gasteiger partial charge in [0.2, 0.25) is 0 Å². The predicted octanol–water partition coefficient (Wildman–Crippen LogP) is 2.54. The second kappa shape index (κ2) is 4.74. The lowest BCUT2D eigenvalue weighted by atomic mass is 10.0. The molecule has 1 heterocycles. The fraction of sp³-hybridized carbons (Fsp3) is 0.538. The molecule has 0 amide bonds. The van der Waals surface area contributed by atoms with Gasteiger partial charge in [-0.15, -0.1) is 0 Å². The first-order valence-electron chi connectivity index (χ1n) is 5.80. The zero-order chi connectivity index (χ0) is 11.5. The van der Waals surface area contributed by atoms with Gasteiger partial charge >= 0.3 is 0 Å². The van der Waals surface area contributed by atoms with Crippen molar-refractivity contribution in [2.75, 3.05) is 18.5 Å². The van der Waals surface area contributed by atoms with Crippen LogP contribution in [0, 0.1) is 12.8 Å². The average molecular weight is 221 g/mol. The normalized spacial score (nSPS) is 22.0. The summed E-state index contributed by atoms with van der Waals surface area (Å²) in [6.45, 7) is 5.77. The van der Waals surface area contributed by atoms with Gasteiger partial charge in [-0.1, -0.05) is 6.07 Å². The summed E-state index contributed by atoms with van der Waals surface area (Å²) in [5.74, 6) is 0.920. The van der Waals surface area contributed by atoms with Crippen LogP contribution in [0.1, 0.15) is 18.9 Å². The summed E-state index contributed by atoms with van der Waals surface area (Å²) in [4.78, 5) is 0. The molecule has 3 nitrogen and oxygen atoms in total. The molecule has 2 rings (SSSR count). The highest BCUT2D eigenvalue weighted by Gasteiger charge is 2.22. The Morgan fingerprint density at radius 3 is 2.94 bits per heavy atom. The van der Waals surface area contributed by atoms with Crippen molar-refractivity contribution in [3.05, 3.63) is 23.8 Å². The van der Waals surface area contributed by atoms with Crippen molar-refractivity contribution in [1.82, 2.24) is 0 Å². The summed E-state index contributed by atoms with van der Waals surface area (Å²) >= 11 is 0. The fourth-order valence-corrected chi connectivity index (χ4v) is 2.03. The van der Waals surface area contributed by atoms with Gasteiger partial charge in [0.1, 0.15) is 5.75 Å². The molecule has 1 saturated heterocycles. The van der Waals surface area contributed by atoms with E-state index in [1.807, 2.05) is 19.1 Å². The topological polar surface area (TPSA) is 41.5 Å². The first-order valence-corrected chi connectivity index (χ1v) is 5.80. The van der Waals surface area contributed by atoms with Crippen LogP contribution in [0.15, 0.2) is 18.2 Å². The Hall–Kier alpha value is -1.22. The van der Waals surface area contributed by atoms with E-state index in [1.165, 1.54) is 0 Å². The largest absolute Gasteiger partial charge is 0.508 e. The van der Waals surface area contributed by atoms with Crippen molar-refractivity contribution < 1.29 is 9.84 Å².